The van der Waals surface area contributed by atoms with E-state index in [4.69, 9.17) is 4.74 Å². The van der Waals surface area contributed by atoms with Gasteiger partial charge in [0.25, 0.3) is 0 Å². The van der Waals surface area contributed by atoms with Crippen LogP contribution < -0.4 is 5.32 Å². The Bertz CT molecular complexity index is 442. The lowest BCUT2D eigenvalue weighted by Gasteiger charge is -2.25. The summed E-state index contributed by atoms with van der Waals surface area (Å²) in [5.74, 6) is 0.756. The number of ether oxygens (including phenoxy) is 1. The number of nitrogens with zero attached hydrogens (tertiary/aromatic N) is 2. The molecule has 2 aliphatic carbocycles. The summed E-state index contributed by atoms with van der Waals surface area (Å²) in [6.45, 7) is 1.84. The van der Waals surface area contributed by atoms with Crippen LogP contribution >= 0.6 is 0 Å². The van der Waals surface area contributed by atoms with Crippen LogP contribution in [0.5, 0.6) is 0 Å². The minimum atomic E-state index is -0.421. The van der Waals surface area contributed by atoms with Gasteiger partial charge in [-0.25, -0.2) is 0 Å². The zero-order valence-corrected chi connectivity index (χ0v) is 12.2. The van der Waals surface area contributed by atoms with Crippen molar-refractivity contribution >= 4 is 0 Å². The Kier molecular flexibility index (Phi) is 4.38. The fourth-order valence-electron chi connectivity index (χ4n) is 2.91. The van der Waals surface area contributed by atoms with E-state index in [9.17, 15) is 5.11 Å². The second-order valence-electron chi connectivity index (χ2n) is 6.16. The van der Waals surface area contributed by atoms with E-state index in [-0.39, 0.29) is 0 Å². The Morgan fingerprint density at radius 2 is 2.35 bits per heavy atom. The van der Waals surface area contributed by atoms with Crippen LogP contribution in [-0.2, 0) is 18.2 Å². The number of aliphatic hydroxyl groups is 1. The molecular formula is C15H25N3O2. The molecule has 1 aromatic heterocycles. The molecule has 5 nitrogen and oxygen atoms in total. The van der Waals surface area contributed by atoms with Gasteiger partial charge in [-0.05, 0) is 38.0 Å². The highest BCUT2D eigenvalue weighted by Gasteiger charge is 2.24. The topological polar surface area (TPSA) is 59.3 Å². The average Bonchev–Trinajstić information content (AvgIpc) is 3.20. The van der Waals surface area contributed by atoms with Crippen LogP contribution in [0.25, 0.3) is 0 Å². The van der Waals surface area contributed by atoms with Gasteiger partial charge in [-0.1, -0.05) is 0 Å². The van der Waals surface area contributed by atoms with Crippen molar-refractivity contribution in [3.8, 4) is 0 Å². The minimum absolute atomic E-state index is 0.325. The van der Waals surface area contributed by atoms with Crippen molar-refractivity contribution in [2.45, 2.75) is 44.2 Å². The zero-order valence-electron chi connectivity index (χ0n) is 12.2. The van der Waals surface area contributed by atoms with E-state index < -0.39 is 6.10 Å². The van der Waals surface area contributed by atoms with Gasteiger partial charge < -0.3 is 15.2 Å². The highest BCUT2D eigenvalue weighted by molar-refractivity contribution is 5.24. The maximum absolute atomic E-state index is 9.96. The molecule has 1 saturated carbocycles. The van der Waals surface area contributed by atoms with Crippen molar-refractivity contribution < 1.29 is 9.84 Å². The first kappa shape index (κ1) is 14.0. The monoisotopic (exact) mass is 279 g/mol. The van der Waals surface area contributed by atoms with Crippen LogP contribution in [-0.4, -0.2) is 40.7 Å². The molecule has 0 radical (unpaired) electrons. The fourth-order valence-corrected chi connectivity index (χ4v) is 2.91. The summed E-state index contributed by atoms with van der Waals surface area (Å²) in [5, 5.41) is 17.8. The summed E-state index contributed by atoms with van der Waals surface area (Å²) in [7, 11) is 2.00. The second kappa shape index (κ2) is 6.24. The van der Waals surface area contributed by atoms with E-state index in [0.29, 0.717) is 19.2 Å². The third kappa shape index (κ3) is 3.40. The van der Waals surface area contributed by atoms with Gasteiger partial charge in [-0.3, -0.25) is 4.68 Å². The largest absolute Gasteiger partial charge is 0.389 e. The maximum atomic E-state index is 9.96. The molecule has 2 atom stereocenters. The normalized spacial score (nSPS) is 23.6. The highest BCUT2D eigenvalue weighted by Crippen LogP contribution is 2.29. The number of aromatic nitrogens is 2. The molecule has 112 valence electrons. The van der Waals surface area contributed by atoms with Crippen molar-refractivity contribution in [1.29, 1.82) is 0 Å². The van der Waals surface area contributed by atoms with Crippen molar-refractivity contribution in [2.24, 2.45) is 13.0 Å². The molecule has 0 bridgehead atoms. The lowest BCUT2D eigenvalue weighted by atomic mass is 9.93. The van der Waals surface area contributed by atoms with Gasteiger partial charge in [0.2, 0.25) is 0 Å². The predicted molar refractivity (Wildman–Crippen MR) is 76.4 cm³/mol. The van der Waals surface area contributed by atoms with E-state index in [2.05, 4.69) is 10.4 Å². The number of rotatable bonds is 7. The molecule has 2 N–H and O–H groups in total. The molecule has 0 amide bonds. The molecule has 1 heterocycles. The molecule has 0 aliphatic heterocycles. The molecule has 5 heteroatoms. The molecule has 1 aromatic rings. The molecule has 3 rings (SSSR count). The van der Waals surface area contributed by atoms with E-state index in [1.165, 1.54) is 30.5 Å². The van der Waals surface area contributed by atoms with Crippen LogP contribution in [0.4, 0.5) is 0 Å². The first-order valence-electron chi connectivity index (χ1n) is 7.74. The van der Waals surface area contributed by atoms with E-state index >= 15 is 0 Å². The lowest BCUT2D eigenvalue weighted by Crippen LogP contribution is -2.34. The fraction of sp³-hybridized carbons (Fsp3) is 0.800. The van der Waals surface area contributed by atoms with Crippen molar-refractivity contribution in [2.75, 3.05) is 19.8 Å². The van der Waals surface area contributed by atoms with Crippen LogP contribution in [0.1, 0.15) is 43.0 Å². The molecule has 20 heavy (non-hydrogen) atoms. The summed E-state index contributed by atoms with van der Waals surface area (Å²) in [6.07, 6.45) is 7.53. The van der Waals surface area contributed by atoms with E-state index in [0.717, 1.165) is 25.4 Å². The Balaban J connectivity index is 1.43. The Hall–Kier alpha value is -0.910. The first-order chi connectivity index (χ1) is 9.74. The van der Waals surface area contributed by atoms with Gasteiger partial charge >= 0.3 is 0 Å². The number of hydrogen-bond donors (Lipinski definition) is 2. The number of nitrogens with one attached hydrogen (secondary N) is 1. The van der Waals surface area contributed by atoms with Gasteiger partial charge in [0, 0.05) is 37.5 Å². The van der Waals surface area contributed by atoms with Crippen LogP contribution in [0.2, 0.25) is 0 Å². The molecule has 0 saturated heterocycles. The second-order valence-corrected chi connectivity index (χ2v) is 6.16. The summed E-state index contributed by atoms with van der Waals surface area (Å²) >= 11 is 0. The number of fused-ring (bicyclic) bond motifs is 1. The predicted octanol–water partition coefficient (Wildman–Crippen LogP) is 1.17. The van der Waals surface area contributed by atoms with Gasteiger partial charge in [0.05, 0.1) is 18.9 Å². The highest BCUT2D eigenvalue weighted by atomic mass is 16.5. The van der Waals surface area contributed by atoms with Crippen LogP contribution in [0.3, 0.4) is 0 Å². The standard InChI is InChI=1S/C15H25N3O2/c1-18-15-4-2-3-14(13(15)8-17-18)16-7-12(19)10-20-9-11-5-6-11/h8,11-12,14,16,19H,2-7,9-10H2,1H3. The number of aryl methyl sites for hydroxylation is 1. The maximum Gasteiger partial charge on any atom is 0.0897 e. The number of hydrogen-bond acceptors (Lipinski definition) is 4. The Morgan fingerprint density at radius 1 is 1.50 bits per heavy atom. The summed E-state index contributed by atoms with van der Waals surface area (Å²) < 4.78 is 7.50. The number of aliphatic hydroxyl groups excluding tert-OH is 1. The van der Waals surface area contributed by atoms with Crippen molar-refractivity contribution in [1.82, 2.24) is 15.1 Å². The lowest BCUT2D eigenvalue weighted by molar-refractivity contribution is 0.0310. The average molecular weight is 279 g/mol. The van der Waals surface area contributed by atoms with Crippen LogP contribution in [0, 0.1) is 5.92 Å². The molecule has 0 spiro atoms. The third-order valence-electron chi connectivity index (χ3n) is 4.34. The van der Waals surface area contributed by atoms with Crippen molar-refractivity contribution in [3.05, 3.63) is 17.5 Å². The van der Waals surface area contributed by atoms with E-state index in [1.807, 2.05) is 17.9 Å². The molecule has 1 fully saturated rings. The smallest absolute Gasteiger partial charge is 0.0897 e. The third-order valence-corrected chi connectivity index (χ3v) is 4.34. The summed E-state index contributed by atoms with van der Waals surface area (Å²) in [4.78, 5) is 0. The van der Waals surface area contributed by atoms with Crippen molar-refractivity contribution in [3.63, 3.8) is 0 Å². The first-order valence-corrected chi connectivity index (χ1v) is 7.74. The molecule has 2 unspecified atom stereocenters. The Morgan fingerprint density at radius 3 is 3.15 bits per heavy atom. The van der Waals surface area contributed by atoms with Gasteiger partial charge in [0.15, 0.2) is 0 Å². The van der Waals surface area contributed by atoms with Gasteiger partial charge in [-0.2, -0.15) is 5.10 Å². The SMILES string of the molecule is Cn1ncc2c1CCCC2NCC(O)COCC1CC1. The quantitative estimate of drug-likeness (QED) is 0.787. The Labute approximate surface area is 120 Å². The minimum Gasteiger partial charge on any atom is -0.389 e. The summed E-state index contributed by atoms with van der Waals surface area (Å²) in [5.41, 5.74) is 2.62. The van der Waals surface area contributed by atoms with Crippen LogP contribution in [0.15, 0.2) is 6.20 Å². The molecule has 0 aromatic carbocycles. The van der Waals surface area contributed by atoms with Gasteiger partial charge in [0.1, 0.15) is 0 Å². The molecular weight excluding hydrogens is 254 g/mol. The zero-order chi connectivity index (χ0) is 13.9. The van der Waals surface area contributed by atoms with E-state index in [1.54, 1.807) is 0 Å². The summed E-state index contributed by atoms with van der Waals surface area (Å²) in [6, 6.07) is 0.325. The van der Waals surface area contributed by atoms with Gasteiger partial charge in [-0.15, -0.1) is 0 Å². The molecule has 2 aliphatic rings.